The lowest BCUT2D eigenvalue weighted by Crippen LogP contribution is -2.48. The van der Waals surface area contributed by atoms with Crippen molar-refractivity contribution >= 4 is 37.8 Å². The van der Waals surface area contributed by atoms with Crippen molar-refractivity contribution in [3.63, 3.8) is 0 Å². The van der Waals surface area contributed by atoms with E-state index in [2.05, 4.69) is 45.7 Å². The van der Waals surface area contributed by atoms with Crippen LogP contribution in [0, 0.1) is 11.2 Å². The molecule has 1 aromatic carbocycles. The standard InChI is InChI=1S/C14H16Br2FNO/c1-14(2)8-18(4-3-12(14)16)13(19)9-5-10(15)7-11(17)6-9/h5-7,12H,3-4,8H2,1-2H3. The van der Waals surface area contributed by atoms with Crippen molar-refractivity contribution in [1.82, 2.24) is 4.90 Å². The third-order valence-electron chi connectivity index (χ3n) is 3.50. The minimum absolute atomic E-state index is 0.0263. The molecule has 0 bridgehead atoms. The number of nitrogens with zero attached hydrogens (tertiary/aromatic N) is 1. The summed E-state index contributed by atoms with van der Waals surface area (Å²) >= 11 is 6.88. The molecule has 19 heavy (non-hydrogen) atoms. The molecule has 0 aromatic heterocycles. The van der Waals surface area contributed by atoms with Crippen LogP contribution in [0.4, 0.5) is 4.39 Å². The average Bonchev–Trinajstić information content (AvgIpc) is 2.30. The van der Waals surface area contributed by atoms with E-state index in [4.69, 9.17) is 0 Å². The van der Waals surface area contributed by atoms with Crippen LogP contribution in [-0.2, 0) is 0 Å². The van der Waals surface area contributed by atoms with Crippen LogP contribution >= 0.6 is 31.9 Å². The van der Waals surface area contributed by atoms with E-state index in [1.807, 2.05) is 0 Å². The lowest BCUT2D eigenvalue weighted by molar-refractivity contribution is 0.0601. The first-order valence-corrected chi connectivity index (χ1v) is 7.90. The second kappa shape index (κ2) is 5.52. The highest BCUT2D eigenvalue weighted by Gasteiger charge is 2.36. The molecule has 0 radical (unpaired) electrons. The minimum Gasteiger partial charge on any atom is -0.338 e. The third kappa shape index (κ3) is 3.37. The number of amides is 1. The van der Waals surface area contributed by atoms with Crippen LogP contribution in [0.25, 0.3) is 0 Å². The molecule has 0 aliphatic carbocycles. The number of rotatable bonds is 1. The Bertz CT molecular complexity index is 484. The maximum absolute atomic E-state index is 13.4. The van der Waals surface area contributed by atoms with Crippen LogP contribution in [-0.4, -0.2) is 28.7 Å². The Balaban J connectivity index is 2.20. The Hall–Kier alpha value is -0.420. The maximum Gasteiger partial charge on any atom is 0.254 e. The van der Waals surface area contributed by atoms with Crippen molar-refractivity contribution in [3.8, 4) is 0 Å². The summed E-state index contributed by atoms with van der Waals surface area (Å²) in [7, 11) is 0. The highest BCUT2D eigenvalue weighted by Crippen LogP contribution is 2.35. The quantitative estimate of drug-likeness (QED) is 0.655. The SMILES string of the molecule is CC1(C)CN(C(=O)c2cc(F)cc(Br)c2)CCC1Br. The van der Waals surface area contributed by atoms with Gasteiger partial charge in [-0.05, 0) is 30.0 Å². The molecular weight excluding hydrogens is 377 g/mol. The summed E-state index contributed by atoms with van der Waals surface area (Å²) in [5, 5.41) is 0. The summed E-state index contributed by atoms with van der Waals surface area (Å²) in [5.74, 6) is -0.500. The fourth-order valence-corrected chi connectivity index (χ4v) is 3.18. The van der Waals surface area contributed by atoms with E-state index in [-0.39, 0.29) is 11.3 Å². The van der Waals surface area contributed by atoms with Gasteiger partial charge in [0.05, 0.1) is 0 Å². The summed E-state index contributed by atoms with van der Waals surface area (Å²) in [5.41, 5.74) is 0.425. The van der Waals surface area contributed by atoms with Crippen LogP contribution in [0.15, 0.2) is 22.7 Å². The van der Waals surface area contributed by atoms with Gasteiger partial charge in [0.15, 0.2) is 0 Å². The summed E-state index contributed by atoms with van der Waals surface area (Å²) in [6.45, 7) is 5.64. The van der Waals surface area contributed by atoms with E-state index in [1.165, 1.54) is 12.1 Å². The number of benzene rings is 1. The second-order valence-electron chi connectivity index (χ2n) is 5.63. The number of halogens is 3. The highest BCUT2D eigenvalue weighted by molar-refractivity contribution is 9.10. The lowest BCUT2D eigenvalue weighted by Gasteiger charge is -2.41. The number of likely N-dealkylation sites (tertiary alicyclic amines) is 1. The number of carbonyl (C=O) groups excluding carboxylic acids is 1. The zero-order valence-corrected chi connectivity index (χ0v) is 14.1. The van der Waals surface area contributed by atoms with Gasteiger partial charge in [-0.2, -0.15) is 0 Å². The van der Waals surface area contributed by atoms with Gasteiger partial charge in [0.1, 0.15) is 5.82 Å². The van der Waals surface area contributed by atoms with Crippen molar-refractivity contribution in [1.29, 1.82) is 0 Å². The number of alkyl halides is 1. The van der Waals surface area contributed by atoms with Crippen LogP contribution in [0.1, 0.15) is 30.6 Å². The Morgan fingerprint density at radius 2 is 2.11 bits per heavy atom. The molecule has 1 aromatic rings. The smallest absolute Gasteiger partial charge is 0.254 e. The molecule has 1 aliphatic rings. The fraction of sp³-hybridized carbons (Fsp3) is 0.500. The van der Waals surface area contributed by atoms with Crippen molar-refractivity contribution < 1.29 is 9.18 Å². The van der Waals surface area contributed by atoms with Gasteiger partial charge in [0.25, 0.3) is 5.91 Å². The summed E-state index contributed by atoms with van der Waals surface area (Å²) in [6, 6.07) is 4.31. The van der Waals surface area contributed by atoms with Crippen LogP contribution < -0.4 is 0 Å². The molecule has 104 valence electrons. The van der Waals surface area contributed by atoms with Gasteiger partial charge in [0.2, 0.25) is 0 Å². The van der Waals surface area contributed by atoms with E-state index in [0.717, 1.165) is 6.42 Å². The largest absolute Gasteiger partial charge is 0.338 e. The van der Waals surface area contributed by atoms with E-state index in [0.29, 0.717) is 28.0 Å². The average molecular weight is 393 g/mol. The van der Waals surface area contributed by atoms with Crippen LogP contribution in [0.5, 0.6) is 0 Å². The summed E-state index contributed by atoms with van der Waals surface area (Å²) < 4.78 is 13.9. The summed E-state index contributed by atoms with van der Waals surface area (Å²) in [6.07, 6.45) is 0.912. The molecule has 0 spiro atoms. The minimum atomic E-state index is -0.396. The molecule has 5 heteroatoms. The Labute approximate surface area is 129 Å². The zero-order valence-electron chi connectivity index (χ0n) is 10.9. The maximum atomic E-state index is 13.4. The van der Waals surface area contributed by atoms with Gasteiger partial charge in [-0.1, -0.05) is 45.7 Å². The van der Waals surface area contributed by atoms with Crippen molar-refractivity contribution in [2.45, 2.75) is 25.1 Å². The Morgan fingerprint density at radius 3 is 2.68 bits per heavy atom. The third-order valence-corrected chi connectivity index (χ3v) is 5.65. The van der Waals surface area contributed by atoms with E-state index in [1.54, 1.807) is 11.0 Å². The van der Waals surface area contributed by atoms with Gasteiger partial charge in [-0.3, -0.25) is 4.79 Å². The number of hydrogen-bond donors (Lipinski definition) is 0. The van der Waals surface area contributed by atoms with Gasteiger partial charge in [-0.15, -0.1) is 0 Å². The first-order chi connectivity index (χ1) is 8.79. The molecule has 0 saturated carbocycles. The fourth-order valence-electron chi connectivity index (χ4n) is 2.36. The van der Waals surface area contributed by atoms with Crippen molar-refractivity contribution in [3.05, 3.63) is 34.1 Å². The molecular formula is C14H16Br2FNO. The molecule has 1 atom stereocenters. The molecule has 2 nitrogen and oxygen atoms in total. The number of carbonyl (C=O) groups is 1. The van der Waals surface area contributed by atoms with Gasteiger partial charge >= 0.3 is 0 Å². The number of piperidine rings is 1. The molecule has 1 amide bonds. The number of hydrogen-bond acceptors (Lipinski definition) is 1. The van der Waals surface area contributed by atoms with Crippen LogP contribution in [0.3, 0.4) is 0 Å². The summed E-state index contributed by atoms with van der Waals surface area (Å²) in [4.78, 5) is 14.6. The monoisotopic (exact) mass is 391 g/mol. The second-order valence-corrected chi connectivity index (χ2v) is 7.65. The van der Waals surface area contributed by atoms with Crippen molar-refractivity contribution in [2.75, 3.05) is 13.1 Å². The first-order valence-electron chi connectivity index (χ1n) is 6.19. The molecule has 0 N–H and O–H groups in total. The van der Waals surface area contributed by atoms with Gasteiger partial charge in [-0.25, -0.2) is 4.39 Å². The topological polar surface area (TPSA) is 20.3 Å². The van der Waals surface area contributed by atoms with Gasteiger partial charge < -0.3 is 4.90 Å². The van der Waals surface area contributed by atoms with E-state index < -0.39 is 5.82 Å². The van der Waals surface area contributed by atoms with Gasteiger partial charge in [0, 0.05) is 28.0 Å². The zero-order chi connectivity index (χ0) is 14.2. The molecule has 1 fully saturated rings. The molecule has 1 aliphatic heterocycles. The molecule has 1 heterocycles. The lowest BCUT2D eigenvalue weighted by atomic mass is 9.84. The van der Waals surface area contributed by atoms with Crippen LogP contribution in [0.2, 0.25) is 0 Å². The predicted octanol–water partition coefficient (Wildman–Crippen LogP) is 4.22. The molecule has 1 saturated heterocycles. The van der Waals surface area contributed by atoms with Crippen molar-refractivity contribution in [2.24, 2.45) is 5.41 Å². The molecule has 1 unspecified atom stereocenters. The molecule has 2 rings (SSSR count). The Kier molecular flexibility index (Phi) is 4.35. The van der Waals surface area contributed by atoms with E-state index >= 15 is 0 Å². The van der Waals surface area contributed by atoms with E-state index in [9.17, 15) is 9.18 Å². The normalized spacial score (nSPS) is 22.4. The first kappa shape index (κ1) is 15.0. The predicted molar refractivity (Wildman–Crippen MR) is 81.1 cm³/mol. The highest BCUT2D eigenvalue weighted by atomic mass is 79.9. The Morgan fingerprint density at radius 1 is 1.42 bits per heavy atom.